The molecule has 4 heteroatoms. The minimum Gasteiger partial charge on any atom is -0.383 e. The van der Waals surface area contributed by atoms with Gasteiger partial charge in [0.1, 0.15) is 17.3 Å². The molecule has 0 amide bonds. The van der Waals surface area contributed by atoms with Gasteiger partial charge in [-0.25, -0.2) is 4.98 Å². The summed E-state index contributed by atoms with van der Waals surface area (Å²) in [6, 6.07) is 7.95. The first-order chi connectivity index (χ1) is 9.34. The Morgan fingerprint density at radius 3 is 2.40 bits per heavy atom. The van der Waals surface area contributed by atoms with Gasteiger partial charge in [-0.15, -0.1) is 6.42 Å². The summed E-state index contributed by atoms with van der Waals surface area (Å²) in [6.07, 6.45) is 5.45. The van der Waals surface area contributed by atoms with Crippen molar-refractivity contribution in [2.45, 2.75) is 32.7 Å². The van der Waals surface area contributed by atoms with Crippen LogP contribution in [0.25, 0.3) is 11.3 Å². The zero-order valence-corrected chi connectivity index (χ0v) is 13.5. The van der Waals surface area contributed by atoms with E-state index in [0.29, 0.717) is 12.4 Å². The van der Waals surface area contributed by atoms with Gasteiger partial charge in [-0.3, -0.25) is 0 Å². The molecule has 0 unspecified atom stereocenters. The van der Waals surface area contributed by atoms with E-state index in [1.165, 1.54) is 0 Å². The normalized spacial score (nSPS) is 11.3. The number of anilines is 1. The fraction of sp³-hybridized carbons (Fsp3) is 0.312. The van der Waals surface area contributed by atoms with Gasteiger partial charge < -0.3 is 10.3 Å². The number of nitrogens with two attached hydrogens (primary N) is 1. The highest BCUT2D eigenvalue weighted by atomic mass is 79.9. The van der Waals surface area contributed by atoms with Gasteiger partial charge >= 0.3 is 0 Å². The monoisotopic (exact) mass is 331 g/mol. The van der Waals surface area contributed by atoms with Crippen LogP contribution in [-0.4, -0.2) is 9.55 Å². The van der Waals surface area contributed by atoms with Crippen molar-refractivity contribution in [1.82, 2.24) is 9.55 Å². The number of benzene rings is 1. The fourth-order valence-corrected chi connectivity index (χ4v) is 2.37. The van der Waals surface area contributed by atoms with E-state index >= 15 is 0 Å². The first-order valence-electron chi connectivity index (χ1n) is 6.40. The number of imidazole rings is 1. The summed E-state index contributed by atoms with van der Waals surface area (Å²) in [5.74, 6) is 4.18. The van der Waals surface area contributed by atoms with Gasteiger partial charge in [0.25, 0.3) is 0 Å². The number of nitrogens with zero attached hydrogens (tertiary/aromatic N) is 2. The lowest BCUT2D eigenvalue weighted by molar-refractivity contribution is 0.517. The molecular weight excluding hydrogens is 314 g/mol. The molecule has 0 saturated carbocycles. The first kappa shape index (κ1) is 14.7. The Hall–Kier alpha value is -1.73. The second-order valence-corrected chi connectivity index (χ2v) is 6.63. The smallest absolute Gasteiger partial charge is 0.132 e. The van der Waals surface area contributed by atoms with E-state index in [2.05, 4.69) is 42.6 Å². The van der Waals surface area contributed by atoms with Crippen molar-refractivity contribution < 1.29 is 0 Å². The molecule has 0 fully saturated rings. The highest BCUT2D eigenvalue weighted by molar-refractivity contribution is 9.10. The highest BCUT2D eigenvalue weighted by Gasteiger charge is 2.25. The van der Waals surface area contributed by atoms with Gasteiger partial charge in [-0.2, -0.15) is 0 Å². The predicted molar refractivity (Wildman–Crippen MR) is 87.3 cm³/mol. The van der Waals surface area contributed by atoms with E-state index < -0.39 is 0 Å². The molecule has 2 N–H and O–H groups in total. The minimum absolute atomic E-state index is 0.113. The van der Waals surface area contributed by atoms with Gasteiger partial charge in [0.15, 0.2) is 0 Å². The molecule has 0 spiro atoms. The van der Waals surface area contributed by atoms with Crippen LogP contribution in [0.3, 0.4) is 0 Å². The average Bonchev–Trinajstić information content (AvgIpc) is 2.69. The van der Waals surface area contributed by atoms with E-state index in [4.69, 9.17) is 17.1 Å². The Balaban J connectivity index is 2.61. The maximum atomic E-state index is 6.25. The average molecular weight is 332 g/mol. The molecule has 1 heterocycles. The zero-order valence-electron chi connectivity index (χ0n) is 11.9. The molecule has 1 aromatic heterocycles. The number of hydrogen-bond donors (Lipinski definition) is 1. The molecular formula is C16H18BrN3. The molecule has 20 heavy (non-hydrogen) atoms. The second kappa shape index (κ2) is 5.34. The van der Waals surface area contributed by atoms with Crippen LogP contribution in [-0.2, 0) is 12.0 Å². The third-order valence-corrected chi connectivity index (χ3v) is 3.57. The van der Waals surface area contributed by atoms with Gasteiger partial charge in [-0.1, -0.05) is 54.8 Å². The van der Waals surface area contributed by atoms with Crippen LogP contribution >= 0.6 is 15.9 Å². The quantitative estimate of drug-likeness (QED) is 0.850. The number of aromatic nitrogens is 2. The van der Waals surface area contributed by atoms with Crippen LogP contribution in [0.5, 0.6) is 0 Å². The summed E-state index contributed by atoms with van der Waals surface area (Å²) in [7, 11) is 0. The van der Waals surface area contributed by atoms with Crippen LogP contribution in [0, 0.1) is 12.3 Å². The van der Waals surface area contributed by atoms with Crippen LogP contribution in [0.2, 0.25) is 0 Å². The largest absolute Gasteiger partial charge is 0.383 e. The van der Waals surface area contributed by atoms with E-state index in [1.54, 1.807) is 0 Å². The Morgan fingerprint density at radius 2 is 1.90 bits per heavy atom. The Bertz CT molecular complexity index is 655. The molecule has 2 rings (SSSR count). The Labute approximate surface area is 128 Å². The molecule has 0 aliphatic carbocycles. The van der Waals surface area contributed by atoms with E-state index in [9.17, 15) is 0 Å². The lowest BCUT2D eigenvalue weighted by Crippen LogP contribution is -2.19. The van der Waals surface area contributed by atoms with Crippen LogP contribution in [0.15, 0.2) is 28.7 Å². The number of halogens is 1. The first-order valence-corrected chi connectivity index (χ1v) is 7.19. The number of terminal acetylenes is 1. The van der Waals surface area contributed by atoms with Gasteiger partial charge in [0.05, 0.1) is 6.54 Å². The number of nitrogen functional groups attached to an aromatic ring is 1. The summed E-state index contributed by atoms with van der Waals surface area (Å²) >= 11 is 3.43. The van der Waals surface area contributed by atoms with E-state index in [0.717, 1.165) is 21.6 Å². The second-order valence-electron chi connectivity index (χ2n) is 5.72. The molecule has 0 saturated heterocycles. The van der Waals surface area contributed by atoms with Gasteiger partial charge in [0.2, 0.25) is 0 Å². The lowest BCUT2D eigenvalue weighted by Gasteiger charge is -2.18. The molecule has 0 radical (unpaired) electrons. The SMILES string of the molecule is C#CCn1c(C(C)(C)C)nc(-c2ccc(Br)cc2)c1N. The predicted octanol–water partition coefficient (Wildman–Crippen LogP) is 3.83. The Morgan fingerprint density at radius 1 is 1.30 bits per heavy atom. The van der Waals surface area contributed by atoms with Crippen LogP contribution in [0.1, 0.15) is 26.6 Å². The fourth-order valence-electron chi connectivity index (χ4n) is 2.11. The maximum absolute atomic E-state index is 6.25. The van der Waals surface area contributed by atoms with Crippen molar-refractivity contribution in [3.8, 4) is 23.6 Å². The summed E-state index contributed by atoms with van der Waals surface area (Å²) in [6.45, 7) is 6.75. The van der Waals surface area contributed by atoms with E-state index in [1.807, 2.05) is 28.8 Å². The number of rotatable bonds is 2. The topological polar surface area (TPSA) is 43.8 Å². The maximum Gasteiger partial charge on any atom is 0.132 e. The van der Waals surface area contributed by atoms with Crippen molar-refractivity contribution in [1.29, 1.82) is 0 Å². The van der Waals surface area contributed by atoms with Gasteiger partial charge in [0, 0.05) is 15.5 Å². The molecule has 1 aromatic carbocycles. The molecule has 0 aliphatic rings. The third-order valence-electron chi connectivity index (χ3n) is 3.04. The summed E-state index contributed by atoms with van der Waals surface area (Å²) in [5.41, 5.74) is 7.92. The molecule has 0 bridgehead atoms. The standard InChI is InChI=1S/C16H18BrN3/c1-5-10-20-14(18)13(19-15(20)16(2,3)4)11-6-8-12(17)9-7-11/h1,6-9H,10,18H2,2-4H3. The summed E-state index contributed by atoms with van der Waals surface area (Å²) in [4.78, 5) is 4.73. The lowest BCUT2D eigenvalue weighted by atomic mass is 9.95. The molecule has 0 atom stereocenters. The van der Waals surface area contributed by atoms with Crippen molar-refractivity contribution >= 4 is 21.7 Å². The summed E-state index contributed by atoms with van der Waals surface area (Å²) < 4.78 is 2.94. The van der Waals surface area contributed by atoms with E-state index in [-0.39, 0.29) is 5.41 Å². The zero-order chi connectivity index (χ0) is 14.9. The van der Waals surface area contributed by atoms with Crippen molar-refractivity contribution in [2.75, 3.05) is 5.73 Å². The van der Waals surface area contributed by atoms with Gasteiger partial charge in [-0.05, 0) is 12.1 Å². The molecule has 2 aromatic rings. The third kappa shape index (κ3) is 2.73. The molecule has 104 valence electrons. The van der Waals surface area contributed by atoms with Crippen molar-refractivity contribution in [3.63, 3.8) is 0 Å². The highest BCUT2D eigenvalue weighted by Crippen LogP contribution is 2.32. The van der Waals surface area contributed by atoms with Crippen molar-refractivity contribution in [2.24, 2.45) is 0 Å². The van der Waals surface area contributed by atoms with Crippen LogP contribution < -0.4 is 5.73 Å². The molecule has 0 aliphatic heterocycles. The summed E-state index contributed by atoms with van der Waals surface area (Å²) in [5, 5.41) is 0. The Kier molecular flexibility index (Phi) is 3.92. The minimum atomic E-state index is -0.113. The van der Waals surface area contributed by atoms with Crippen LogP contribution in [0.4, 0.5) is 5.82 Å². The van der Waals surface area contributed by atoms with Crippen molar-refractivity contribution in [3.05, 3.63) is 34.6 Å². The molecule has 3 nitrogen and oxygen atoms in total. The number of hydrogen-bond acceptors (Lipinski definition) is 2.